The third kappa shape index (κ3) is 3.33. The first kappa shape index (κ1) is 13.1. The van der Waals surface area contributed by atoms with Crippen LogP contribution in [0.2, 0.25) is 0 Å². The van der Waals surface area contributed by atoms with Crippen LogP contribution < -0.4 is 10.2 Å². The van der Waals surface area contributed by atoms with Gasteiger partial charge in [0.05, 0.1) is 11.9 Å². The summed E-state index contributed by atoms with van der Waals surface area (Å²) in [6.07, 6.45) is 8.54. The molecule has 0 aliphatic carbocycles. The van der Waals surface area contributed by atoms with E-state index in [0.29, 0.717) is 0 Å². The molecular weight excluding hydrogens is 222 g/mol. The number of nitrogens with one attached hydrogen (secondary N) is 1. The minimum absolute atomic E-state index is 0.935. The molecule has 3 heteroatoms. The van der Waals surface area contributed by atoms with Gasteiger partial charge in [0.1, 0.15) is 0 Å². The number of hydrogen-bond donors (Lipinski definition) is 1. The molecule has 1 N–H and O–H groups in total. The standard InChI is InChI=1S/C15H23N3/c1-3-7-16-10-14-6-8-17-11-15(14)18-9-4-5-13(2)12-18/h5-6,8,11,16H,3-4,7,9-10,12H2,1-2H3. The maximum atomic E-state index is 4.28. The molecule has 1 aliphatic heterocycles. The zero-order chi connectivity index (χ0) is 12.8. The number of pyridine rings is 1. The Balaban J connectivity index is 2.09. The monoisotopic (exact) mass is 245 g/mol. The zero-order valence-electron chi connectivity index (χ0n) is 11.4. The van der Waals surface area contributed by atoms with E-state index < -0.39 is 0 Å². The Morgan fingerprint density at radius 3 is 3.11 bits per heavy atom. The summed E-state index contributed by atoms with van der Waals surface area (Å²) in [5, 5.41) is 3.47. The molecule has 2 rings (SSSR count). The van der Waals surface area contributed by atoms with Crippen molar-refractivity contribution >= 4 is 5.69 Å². The van der Waals surface area contributed by atoms with Crippen molar-refractivity contribution in [2.45, 2.75) is 33.2 Å². The maximum absolute atomic E-state index is 4.28. The summed E-state index contributed by atoms with van der Waals surface area (Å²) in [6, 6.07) is 2.13. The minimum Gasteiger partial charge on any atom is -0.366 e. The van der Waals surface area contributed by atoms with Gasteiger partial charge in [-0.15, -0.1) is 0 Å². The van der Waals surface area contributed by atoms with Crippen LogP contribution in [0.4, 0.5) is 5.69 Å². The number of rotatable bonds is 5. The summed E-state index contributed by atoms with van der Waals surface area (Å²) in [5.41, 5.74) is 4.10. The summed E-state index contributed by atoms with van der Waals surface area (Å²) in [5.74, 6) is 0. The summed E-state index contributed by atoms with van der Waals surface area (Å²) < 4.78 is 0. The molecule has 0 fully saturated rings. The molecule has 0 aromatic carbocycles. The Bertz CT molecular complexity index is 412. The molecule has 0 saturated carbocycles. The molecule has 0 unspecified atom stereocenters. The van der Waals surface area contributed by atoms with Crippen LogP contribution in [0.25, 0.3) is 0 Å². The van der Waals surface area contributed by atoms with Crippen LogP contribution in [0.1, 0.15) is 32.3 Å². The highest BCUT2D eigenvalue weighted by atomic mass is 15.1. The van der Waals surface area contributed by atoms with Gasteiger partial charge in [-0.2, -0.15) is 0 Å². The molecule has 2 heterocycles. The number of anilines is 1. The average Bonchev–Trinajstić information content (AvgIpc) is 2.40. The van der Waals surface area contributed by atoms with Gasteiger partial charge in [0.25, 0.3) is 0 Å². The maximum Gasteiger partial charge on any atom is 0.0601 e. The Morgan fingerprint density at radius 1 is 1.44 bits per heavy atom. The molecule has 0 amide bonds. The van der Waals surface area contributed by atoms with Gasteiger partial charge in [-0.05, 0) is 37.9 Å². The fourth-order valence-electron chi connectivity index (χ4n) is 2.37. The van der Waals surface area contributed by atoms with Crippen molar-refractivity contribution in [3.63, 3.8) is 0 Å². The first-order valence-corrected chi connectivity index (χ1v) is 6.85. The summed E-state index contributed by atoms with van der Waals surface area (Å²) in [7, 11) is 0. The third-order valence-electron chi connectivity index (χ3n) is 3.30. The van der Waals surface area contributed by atoms with E-state index in [1.165, 1.54) is 23.2 Å². The molecule has 1 aromatic heterocycles. The van der Waals surface area contributed by atoms with Gasteiger partial charge in [0.2, 0.25) is 0 Å². The van der Waals surface area contributed by atoms with Crippen molar-refractivity contribution < 1.29 is 0 Å². The van der Waals surface area contributed by atoms with Gasteiger partial charge in [0, 0.05) is 25.8 Å². The van der Waals surface area contributed by atoms with Crippen LogP contribution in [0, 0.1) is 0 Å². The summed E-state index contributed by atoms with van der Waals surface area (Å²) in [4.78, 5) is 6.72. The van der Waals surface area contributed by atoms with Gasteiger partial charge >= 0.3 is 0 Å². The van der Waals surface area contributed by atoms with Crippen LogP contribution in [-0.2, 0) is 6.54 Å². The van der Waals surface area contributed by atoms with Crippen LogP contribution in [0.3, 0.4) is 0 Å². The van der Waals surface area contributed by atoms with E-state index in [1.54, 1.807) is 0 Å². The van der Waals surface area contributed by atoms with E-state index in [9.17, 15) is 0 Å². The predicted octanol–water partition coefficient (Wildman–Crippen LogP) is 2.74. The average molecular weight is 245 g/mol. The Morgan fingerprint density at radius 2 is 2.33 bits per heavy atom. The highest BCUT2D eigenvalue weighted by molar-refractivity contribution is 5.53. The van der Waals surface area contributed by atoms with E-state index in [-0.39, 0.29) is 0 Å². The second-order valence-electron chi connectivity index (χ2n) is 4.94. The van der Waals surface area contributed by atoms with Crippen molar-refractivity contribution in [3.8, 4) is 0 Å². The summed E-state index contributed by atoms with van der Waals surface area (Å²) >= 11 is 0. The lowest BCUT2D eigenvalue weighted by Gasteiger charge is -2.29. The molecule has 0 bridgehead atoms. The molecule has 0 saturated heterocycles. The normalized spacial score (nSPS) is 15.7. The fourth-order valence-corrected chi connectivity index (χ4v) is 2.37. The second kappa shape index (κ2) is 6.55. The Hall–Kier alpha value is -1.35. The van der Waals surface area contributed by atoms with Gasteiger partial charge in [-0.1, -0.05) is 18.6 Å². The van der Waals surface area contributed by atoms with Gasteiger partial charge in [0.15, 0.2) is 0 Å². The van der Waals surface area contributed by atoms with Gasteiger partial charge in [-0.25, -0.2) is 0 Å². The molecule has 98 valence electrons. The molecule has 1 aliphatic rings. The van der Waals surface area contributed by atoms with Crippen molar-refractivity contribution in [3.05, 3.63) is 35.7 Å². The molecule has 0 spiro atoms. The van der Waals surface area contributed by atoms with E-state index in [2.05, 4.69) is 41.2 Å². The highest BCUT2D eigenvalue weighted by Crippen LogP contribution is 2.22. The minimum atomic E-state index is 0.935. The molecule has 3 nitrogen and oxygen atoms in total. The topological polar surface area (TPSA) is 28.2 Å². The van der Waals surface area contributed by atoms with Gasteiger partial charge in [-0.3, -0.25) is 4.98 Å². The first-order valence-electron chi connectivity index (χ1n) is 6.85. The third-order valence-corrected chi connectivity index (χ3v) is 3.30. The van der Waals surface area contributed by atoms with Crippen molar-refractivity contribution in [1.82, 2.24) is 10.3 Å². The number of aromatic nitrogens is 1. The Kier molecular flexibility index (Phi) is 4.76. The molecule has 18 heavy (non-hydrogen) atoms. The SMILES string of the molecule is CCCNCc1ccncc1N1CCC=C(C)C1. The quantitative estimate of drug-likeness (QED) is 0.638. The van der Waals surface area contributed by atoms with Crippen molar-refractivity contribution in [2.24, 2.45) is 0 Å². The zero-order valence-corrected chi connectivity index (χ0v) is 11.4. The van der Waals surface area contributed by atoms with Crippen LogP contribution in [-0.4, -0.2) is 24.6 Å². The fraction of sp³-hybridized carbons (Fsp3) is 0.533. The van der Waals surface area contributed by atoms with Crippen LogP contribution in [0.5, 0.6) is 0 Å². The molecule has 0 atom stereocenters. The number of nitrogens with zero attached hydrogens (tertiary/aromatic N) is 2. The van der Waals surface area contributed by atoms with Crippen LogP contribution >= 0.6 is 0 Å². The number of hydrogen-bond acceptors (Lipinski definition) is 3. The lowest BCUT2D eigenvalue weighted by Crippen LogP contribution is -2.30. The lowest BCUT2D eigenvalue weighted by atomic mass is 10.1. The van der Waals surface area contributed by atoms with Crippen molar-refractivity contribution in [1.29, 1.82) is 0 Å². The molecule has 1 aromatic rings. The molecule has 0 radical (unpaired) electrons. The van der Waals surface area contributed by atoms with E-state index in [1.807, 2.05) is 12.4 Å². The lowest BCUT2D eigenvalue weighted by molar-refractivity contribution is 0.670. The van der Waals surface area contributed by atoms with E-state index >= 15 is 0 Å². The van der Waals surface area contributed by atoms with E-state index in [4.69, 9.17) is 0 Å². The highest BCUT2D eigenvalue weighted by Gasteiger charge is 2.14. The van der Waals surface area contributed by atoms with Gasteiger partial charge < -0.3 is 10.2 Å². The largest absolute Gasteiger partial charge is 0.366 e. The smallest absolute Gasteiger partial charge is 0.0601 e. The second-order valence-corrected chi connectivity index (χ2v) is 4.94. The Labute approximate surface area is 110 Å². The van der Waals surface area contributed by atoms with Crippen molar-refractivity contribution in [2.75, 3.05) is 24.5 Å². The first-order chi connectivity index (χ1) is 8.81. The molecular formula is C15H23N3. The van der Waals surface area contributed by atoms with Crippen LogP contribution in [0.15, 0.2) is 30.1 Å². The predicted molar refractivity (Wildman–Crippen MR) is 76.8 cm³/mol. The summed E-state index contributed by atoms with van der Waals surface area (Å²) in [6.45, 7) is 8.54. The van der Waals surface area contributed by atoms with E-state index in [0.717, 1.165) is 32.6 Å².